The van der Waals surface area contributed by atoms with Gasteiger partial charge < -0.3 is 0 Å². The molecule has 0 N–H and O–H groups in total. The number of benzene rings is 2. The molecule has 0 spiro atoms. The molecule has 2 aromatic rings. The van der Waals surface area contributed by atoms with Gasteiger partial charge in [-0.15, -0.1) is 0 Å². The summed E-state index contributed by atoms with van der Waals surface area (Å²) in [5, 5.41) is 2.07. The minimum Gasteiger partial charge on any atom is -0.0963 e. The van der Waals surface area contributed by atoms with E-state index in [1.165, 1.54) is 0 Å². The molecule has 0 radical (unpaired) electrons. The molecule has 0 atom stereocenters. The maximum atomic E-state index is 6.54. The summed E-state index contributed by atoms with van der Waals surface area (Å²) in [6.07, 6.45) is 1.15. The second kappa shape index (κ2) is 5.93. The molecular weight excluding hydrogens is 334 g/mol. The second-order valence-electron chi connectivity index (χ2n) is 4.83. The topological polar surface area (TPSA) is 0 Å². The number of rotatable bonds is 4. The average molecular weight is 350 g/mol. The van der Waals surface area contributed by atoms with Gasteiger partial charge in [-0.2, -0.15) is 0 Å². The van der Waals surface area contributed by atoms with Crippen molar-refractivity contribution in [1.82, 2.24) is 0 Å². The first-order chi connectivity index (χ1) is 9.33. The SMILES string of the molecule is CCC(Cl)(Cl)c1ccc2ccccc2c1C(Cl)(Cl)CC. The summed E-state index contributed by atoms with van der Waals surface area (Å²) < 4.78 is -2.01. The highest BCUT2D eigenvalue weighted by molar-refractivity contribution is 6.50. The Morgan fingerprint density at radius 2 is 1.40 bits per heavy atom. The van der Waals surface area contributed by atoms with Crippen LogP contribution in [0.3, 0.4) is 0 Å². The number of halogens is 4. The molecule has 0 fully saturated rings. The number of hydrogen-bond acceptors (Lipinski definition) is 0. The van der Waals surface area contributed by atoms with Crippen LogP contribution in [0.25, 0.3) is 10.8 Å². The predicted molar refractivity (Wildman–Crippen MR) is 91.3 cm³/mol. The van der Waals surface area contributed by atoms with E-state index in [4.69, 9.17) is 46.4 Å². The average Bonchev–Trinajstić information content (AvgIpc) is 2.45. The Morgan fingerprint density at radius 1 is 0.800 bits per heavy atom. The summed E-state index contributed by atoms with van der Waals surface area (Å²) >= 11 is 26.0. The van der Waals surface area contributed by atoms with Gasteiger partial charge in [-0.1, -0.05) is 96.6 Å². The molecule has 0 aliphatic carbocycles. The third kappa shape index (κ3) is 2.90. The van der Waals surface area contributed by atoms with Crippen molar-refractivity contribution in [3.8, 4) is 0 Å². The van der Waals surface area contributed by atoms with Gasteiger partial charge >= 0.3 is 0 Å². The van der Waals surface area contributed by atoms with Crippen LogP contribution in [-0.4, -0.2) is 0 Å². The zero-order chi connectivity index (χ0) is 15.0. The van der Waals surface area contributed by atoms with Crippen molar-refractivity contribution in [2.45, 2.75) is 35.4 Å². The third-order valence-electron chi connectivity index (χ3n) is 3.58. The van der Waals surface area contributed by atoms with Gasteiger partial charge in [0.25, 0.3) is 0 Å². The Balaban J connectivity index is 2.86. The lowest BCUT2D eigenvalue weighted by Gasteiger charge is -2.29. The van der Waals surface area contributed by atoms with Crippen LogP contribution >= 0.6 is 46.4 Å². The van der Waals surface area contributed by atoms with Crippen molar-refractivity contribution in [3.05, 3.63) is 47.5 Å². The van der Waals surface area contributed by atoms with Crippen LogP contribution in [0, 0.1) is 0 Å². The smallest absolute Gasteiger partial charge is 0.0963 e. The highest BCUT2D eigenvalue weighted by atomic mass is 35.5. The fraction of sp³-hybridized carbons (Fsp3) is 0.375. The minimum absolute atomic E-state index is 0.574. The van der Waals surface area contributed by atoms with Crippen LogP contribution in [0.2, 0.25) is 0 Å². The molecule has 108 valence electrons. The zero-order valence-corrected chi connectivity index (χ0v) is 14.4. The Hall–Kier alpha value is -0.140. The predicted octanol–water partition coefficient (Wildman–Crippen LogP) is 6.92. The quantitative estimate of drug-likeness (QED) is 0.525. The summed E-state index contributed by atoms with van der Waals surface area (Å²) in [5.41, 5.74) is 1.60. The molecule has 0 amide bonds. The van der Waals surface area contributed by atoms with Gasteiger partial charge in [0.2, 0.25) is 0 Å². The van der Waals surface area contributed by atoms with Gasteiger partial charge in [0.1, 0.15) is 8.67 Å². The second-order valence-corrected chi connectivity index (χ2v) is 7.79. The van der Waals surface area contributed by atoms with Crippen molar-refractivity contribution in [2.24, 2.45) is 0 Å². The minimum atomic E-state index is -1.01. The van der Waals surface area contributed by atoms with Crippen molar-refractivity contribution < 1.29 is 0 Å². The molecule has 0 unspecified atom stereocenters. The molecule has 0 heterocycles. The molecule has 0 nitrogen and oxygen atoms in total. The fourth-order valence-electron chi connectivity index (χ4n) is 2.34. The molecular formula is C16H16Cl4. The highest BCUT2D eigenvalue weighted by Crippen LogP contribution is 2.49. The summed E-state index contributed by atoms with van der Waals surface area (Å²) in [5.74, 6) is 0. The van der Waals surface area contributed by atoms with E-state index in [9.17, 15) is 0 Å². The Kier molecular flexibility index (Phi) is 4.81. The van der Waals surface area contributed by atoms with Gasteiger partial charge in [-0.25, -0.2) is 0 Å². The van der Waals surface area contributed by atoms with Crippen LogP contribution in [-0.2, 0) is 8.67 Å². The first kappa shape index (κ1) is 16.2. The summed E-state index contributed by atoms with van der Waals surface area (Å²) in [6.45, 7) is 3.89. The van der Waals surface area contributed by atoms with Crippen molar-refractivity contribution >= 4 is 57.2 Å². The van der Waals surface area contributed by atoms with Gasteiger partial charge in [0.15, 0.2) is 0 Å². The van der Waals surface area contributed by atoms with E-state index in [-0.39, 0.29) is 0 Å². The maximum Gasteiger partial charge on any atom is 0.143 e. The zero-order valence-electron chi connectivity index (χ0n) is 11.4. The maximum absolute atomic E-state index is 6.54. The normalized spacial score (nSPS) is 12.9. The molecule has 0 saturated carbocycles. The molecule has 0 aromatic heterocycles. The van der Waals surface area contributed by atoms with E-state index >= 15 is 0 Å². The third-order valence-corrected chi connectivity index (χ3v) is 5.43. The molecule has 0 aliphatic rings. The fourth-order valence-corrected chi connectivity index (χ4v) is 3.06. The van der Waals surface area contributed by atoms with Gasteiger partial charge in [0.05, 0.1) is 0 Å². The summed E-state index contributed by atoms with van der Waals surface area (Å²) in [7, 11) is 0. The number of hydrogen-bond donors (Lipinski definition) is 0. The largest absolute Gasteiger partial charge is 0.143 e. The van der Waals surface area contributed by atoms with E-state index in [1.54, 1.807) is 0 Å². The molecule has 0 saturated heterocycles. The lowest BCUT2D eigenvalue weighted by molar-refractivity contribution is 0.749. The monoisotopic (exact) mass is 348 g/mol. The summed E-state index contributed by atoms with van der Waals surface area (Å²) in [6, 6.07) is 11.9. The lowest BCUT2D eigenvalue weighted by atomic mass is 9.92. The Labute approximate surface area is 140 Å². The number of fused-ring (bicyclic) bond motifs is 1. The van der Waals surface area contributed by atoms with Crippen molar-refractivity contribution in [3.63, 3.8) is 0 Å². The molecule has 0 aliphatic heterocycles. The Morgan fingerprint density at radius 3 is 2.00 bits per heavy atom. The van der Waals surface area contributed by atoms with Gasteiger partial charge in [-0.05, 0) is 29.2 Å². The highest BCUT2D eigenvalue weighted by Gasteiger charge is 2.36. The van der Waals surface area contributed by atoms with E-state index in [0.717, 1.165) is 21.9 Å². The van der Waals surface area contributed by atoms with Gasteiger partial charge in [0, 0.05) is 5.56 Å². The van der Waals surface area contributed by atoms with E-state index in [0.29, 0.717) is 12.8 Å². The standard InChI is InChI=1S/C16H16Cl4/c1-3-15(17,18)13-10-9-11-7-5-6-8-12(11)14(13)16(19,20)4-2/h5-10H,3-4H2,1-2H3. The van der Waals surface area contributed by atoms with Gasteiger partial charge in [-0.3, -0.25) is 0 Å². The van der Waals surface area contributed by atoms with E-state index < -0.39 is 8.67 Å². The van der Waals surface area contributed by atoms with Crippen molar-refractivity contribution in [1.29, 1.82) is 0 Å². The molecule has 4 heteroatoms. The number of alkyl halides is 4. The molecule has 20 heavy (non-hydrogen) atoms. The molecule has 2 aromatic carbocycles. The first-order valence-corrected chi connectivity index (χ1v) is 8.13. The van der Waals surface area contributed by atoms with Crippen LogP contribution < -0.4 is 0 Å². The summed E-state index contributed by atoms with van der Waals surface area (Å²) in [4.78, 5) is 0. The molecule has 2 rings (SSSR count). The lowest BCUT2D eigenvalue weighted by Crippen LogP contribution is -2.19. The van der Waals surface area contributed by atoms with Crippen LogP contribution in [0.15, 0.2) is 36.4 Å². The van der Waals surface area contributed by atoms with E-state index in [2.05, 4.69) is 0 Å². The van der Waals surface area contributed by atoms with Crippen LogP contribution in [0.1, 0.15) is 37.8 Å². The van der Waals surface area contributed by atoms with Crippen molar-refractivity contribution in [2.75, 3.05) is 0 Å². The van der Waals surface area contributed by atoms with E-state index in [1.807, 2.05) is 50.2 Å². The van der Waals surface area contributed by atoms with Crippen LogP contribution in [0.5, 0.6) is 0 Å². The Bertz CT molecular complexity index is 617. The molecule has 0 bridgehead atoms. The van der Waals surface area contributed by atoms with Crippen LogP contribution in [0.4, 0.5) is 0 Å². The first-order valence-electron chi connectivity index (χ1n) is 6.62.